The van der Waals surface area contributed by atoms with Crippen LogP contribution in [-0.2, 0) is 4.74 Å². The zero-order valence-electron chi connectivity index (χ0n) is 10.5. The third kappa shape index (κ3) is 7.34. The monoisotopic (exact) mass is 201 g/mol. The van der Waals surface area contributed by atoms with Gasteiger partial charge in [0.15, 0.2) is 0 Å². The van der Waals surface area contributed by atoms with Gasteiger partial charge >= 0.3 is 0 Å². The fourth-order valence-corrected chi connectivity index (χ4v) is 1.22. The van der Waals surface area contributed by atoms with Gasteiger partial charge in [-0.1, -0.05) is 34.6 Å². The molecule has 0 aliphatic rings. The summed E-state index contributed by atoms with van der Waals surface area (Å²) in [7, 11) is 0. The van der Waals surface area contributed by atoms with Crippen LogP contribution in [0, 0.1) is 11.8 Å². The molecule has 0 spiro atoms. The van der Waals surface area contributed by atoms with E-state index in [1.54, 1.807) is 0 Å². The molecular formula is C12H27NO. The molecule has 0 saturated heterocycles. The van der Waals surface area contributed by atoms with Gasteiger partial charge in [0.2, 0.25) is 0 Å². The van der Waals surface area contributed by atoms with E-state index < -0.39 is 0 Å². The van der Waals surface area contributed by atoms with Crippen LogP contribution in [0.15, 0.2) is 0 Å². The Hall–Kier alpha value is -0.0800. The molecule has 0 heterocycles. The molecule has 14 heavy (non-hydrogen) atoms. The minimum Gasteiger partial charge on any atom is -0.376 e. The third-order valence-electron chi connectivity index (χ3n) is 2.16. The van der Waals surface area contributed by atoms with Crippen molar-refractivity contribution < 1.29 is 4.74 Å². The lowest BCUT2D eigenvalue weighted by Crippen LogP contribution is -2.34. The van der Waals surface area contributed by atoms with Crippen molar-refractivity contribution >= 4 is 0 Å². The van der Waals surface area contributed by atoms with Gasteiger partial charge in [-0.3, -0.25) is 0 Å². The molecule has 2 nitrogen and oxygen atoms in total. The molecule has 86 valence electrons. The van der Waals surface area contributed by atoms with Gasteiger partial charge in [0.1, 0.15) is 0 Å². The van der Waals surface area contributed by atoms with Gasteiger partial charge in [0.05, 0.1) is 6.10 Å². The lowest BCUT2D eigenvalue weighted by Gasteiger charge is -2.23. The highest BCUT2D eigenvalue weighted by Crippen LogP contribution is 2.07. The molecule has 0 amide bonds. The van der Waals surface area contributed by atoms with Crippen molar-refractivity contribution in [2.24, 2.45) is 11.8 Å². The number of hydrogen-bond donors (Lipinski definition) is 1. The van der Waals surface area contributed by atoms with Crippen molar-refractivity contribution in [3.63, 3.8) is 0 Å². The maximum absolute atomic E-state index is 5.85. The Morgan fingerprint density at radius 3 is 2.21 bits per heavy atom. The summed E-state index contributed by atoms with van der Waals surface area (Å²) in [6.45, 7) is 14.0. The first-order valence-electron chi connectivity index (χ1n) is 5.90. The highest BCUT2D eigenvalue weighted by molar-refractivity contribution is 4.66. The summed E-state index contributed by atoms with van der Waals surface area (Å²) in [5.74, 6) is 1.22. The quantitative estimate of drug-likeness (QED) is 0.610. The number of hydrogen-bond acceptors (Lipinski definition) is 2. The molecular weight excluding hydrogens is 174 g/mol. The van der Waals surface area contributed by atoms with Crippen LogP contribution in [0.25, 0.3) is 0 Å². The average Bonchev–Trinajstić information content (AvgIpc) is 2.10. The van der Waals surface area contributed by atoms with E-state index in [0.717, 1.165) is 19.7 Å². The van der Waals surface area contributed by atoms with Crippen molar-refractivity contribution in [2.75, 3.05) is 19.7 Å². The molecule has 0 aliphatic carbocycles. The highest BCUT2D eigenvalue weighted by Gasteiger charge is 2.13. The molecule has 1 unspecified atom stereocenters. The summed E-state index contributed by atoms with van der Waals surface area (Å²) in [4.78, 5) is 0. The van der Waals surface area contributed by atoms with Crippen LogP contribution in [0.1, 0.15) is 41.0 Å². The predicted octanol–water partition coefficient (Wildman–Crippen LogP) is 2.68. The Bertz CT molecular complexity index is 123. The van der Waals surface area contributed by atoms with Gasteiger partial charge in [-0.15, -0.1) is 0 Å². The summed E-state index contributed by atoms with van der Waals surface area (Å²) >= 11 is 0. The Morgan fingerprint density at radius 1 is 1.14 bits per heavy atom. The molecule has 2 heteroatoms. The maximum Gasteiger partial charge on any atom is 0.0722 e. The lowest BCUT2D eigenvalue weighted by molar-refractivity contribution is 0.00859. The number of rotatable bonds is 8. The summed E-state index contributed by atoms with van der Waals surface area (Å²) in [5, 5.41) is 3.42. The highest BCUT2D eigenvalue weighted by atomic mass is 16.5. The minimum atomic E-state index is 0.365. The van der Waals surface area contributed by atoms with Crippen molar-refractivity contribution in [1.82, 2.24) is 5.32 Å². The molecule has 0 aliphatic heterocycles. The first-order chi connectivity index (χ1) is 6.57. The Kier molecular flexibility index (Phi) is 8.20. The van der Waals surface area contributed by atoms with Gasteiger partial charge in [-0.25, -0.2) is 0 Å². The standard InChI is InChI=1S/C12H27NO/c1-6-7-13-8-12(11(4)5)14-9-10(2)3/h10-13H,6-9H2,1-5H3. The van der Waals surface area contributed by atoms with E-state index in [-0.39, 0.29) is 0 Å². The molecule has 0 aromatic rings. The van der Waals surface area contributed by atoms with Gasteiger partial charge in [-0.05, 0) is 24.8 Å². The molecule has 0 aromatic carbocycles. The maximum atomic E-state index is 5.85. The summed E-state index contributed by atoms with van der Waals surface area (Å²) in [6.07, 6.45) is 1.55. The SMILES string of the molecule is CCCNCC(OCC(C)C)C(C)C. The van der Waals surface area contributed by atoms with Gasteiger partial charge < -0.3 is 10.1 Å². The van der Waals surface area contributed by atoms with E-state index in [4.69, 9.17) is 4.74 Å². The van der Waals surface area contributed by atoms with E-state index in [0.29, 0.717) is 17.9 Å². The van der Waals surface area contributed by atoms with Crippen LogP contribution in [0.4, 0.5) is 0 Å². The van der Waals surface area contributed by atoms with Crippen molar-refractivity contribution in [3.8, 4) is 0 Å². The van der Waals surface area contributed by atoms with Crippen molar-refractivity contribution in [3.05, 3.63) is 0 Å². The smallest absolute Gasteiger partial charge is 0.0722 e. The van der Waals surface area contributed by atoms with Crippen LogP contribution in [0.5, 0.6) is 0 Å². The molecule has 0 fully saturated rings. The van der Waals surface area contributed by atoms with Gasteiger partial charge in [0.25, 0.3) is 0 Å². The molecule has 1 atom stereocenters. The first kappa shape index (κ1) is 13.9. The largest absolute Gasteiger partial charge is 0.376 e. The fourth-order valence-electron chi connectivity index (χ4n) is 1.22. The van der Waals surface area contributed by atoms with Crippen molar-refractivity contribution in [1.29, 1.82) is 0 Å². The van der Waals surface area contributed by atoms with E-state index in [1.807, 2.05) is 0 Å². The lowest BCUT2D eigenvalue weighted by atomic mass is 10.1. The minimum absolute atomic E-state index is 0.365. The topological polar surface area (TPSA) is 21.3 Å². The first-order valence-corrected chi connectivity index (χ1v) is 5.90. The van der Waals surface area contributed by atoms with Crippen LogP contribution in [-0.4, -0.2) is 25.8 Å². The molecule has 0 radical (unpaired) electrons. The number of nitrogens with one attached hydrogen (secondary N) is 1. The van der Waals surface area contributed by atoms with Crippen LogP contribution >= 0.6 is 0 Å². The average molecular weight is 201 g/mol. The van der Waals surface area contributed by atoms with Crippen LogP contribution in [0.2, 0.25) is 0 Å². The second-order valence-corrected chi connectivity index (χ2v) is 4.71. The summed E-state index contributed by atoms with van der Waals surface area (Å²) in [5.41, 5.74) is 0. The van der Waals surface area contributed by atoms with E-state index in [2.05, 4.69) is 39.9 Å². The van der Waals surface area contributed by atoms with E-state index >= 15 is 0 Å². The van der Waals surface area contributed by atoms with Crippen molar-refractivity contribution in [2.45, 2.75) is 47.1 Å². The Labute approximate surface area is 89.4 Å². The summed E-state index contributed by atoms with van der Waals surface area (Å²) in [6, 6.07) is 0. The predicted molar refractivity (Wildman–Crippen MR) is 62.6 cm³/mol. The molecule has 0 saturated carbocycles. The normalized spacial score (nSPS) is 13.9. The number of ether oxygens (including phenoxy) is 1. The third-order valence-corrected chi connectivity index (χ3v) is 2.16. The Balaban J connectivity index is 3.66. The van der Waals surface area contributed by atoms with Gasteiger partial charge in [-0.2, -0.15) is 0 Å². The zero-order chi connectivity index (χ0) is 11.0. The second-order valence-electron chi connectivity index (χ2n) is 4.71. The van der Waals surface area contributed by atoms with Crippen LogP contribution < -0.4 is 5.32 Å². The van der Waals surface area contributed by atoms with E-state index in [9.17, 15) is 0 Å². The van der Waals surface area contributed by atoms with Crippen LogP contribution in [0.3, 0.4) is 0 Å². The molecule has 0 bridgehead atoms. The zero-order valence-corrected chi connectivity index (χ0v) is 10.5. The fraction of sp³-hybridized carbons (Fsp3) is 1.00. The Morgan fingerprint density at radius 2 is 1.79 bits per heavy atom. The molecule has 0 rings (SSSR count). The summed E-state index contributed by atoms with van der Waals surface area (Å²) < 4.78 is 5.85. The second kappa shape index (κ2) is 8.25. The molecule has 1 N–H and O–H groups in total. The van der Waals surface area contributed by atoms with Gasteiger partial charge in [0, 0.05) is 13.2 Å². The molecule has 0 aromatic heterocycles. The van der Waals surface area contributed by atoms with E-state index in [1.165, 1.54) is 6.42 Å².